The number of aromatic nitrogens is 2. The molecule has 5 heteroatoms. The van der Waals surface area contributed by atoms with Gasteiger partial charge in [-0.25, -0.2) is 0 Å². The fourth-order valence-electron chi connectivity index (χ4n) is 4.52. The van der Waals surface area contributed by atoms with Crippen LogP contribution in [0.2, 0.25) is 0 Å². The average Bonchev–Trinajstić information content (AvgIpc) is 3.19. The van der Waals surface area contributed by atoms with Crippen LogP contribution < -0.4 is 0 Å². The second-order valence-corrected chi connectivity index (χ2v) is 7.72. The molecule has 1 amide bonds. The lowest BCUT2D eigenvalue weighted by Gasteiger charge is -2.28. The van der Waals surface area contributed by atoms with Crippen LogP contribution in [0, 0.1) is 18.3 Å². The third-order valence-corrected chi connectivity index (χ3v) is 5.80. The number of pyridine rings is 2. The Morgan fingerprint density at radius 2 is 2.31 bits per heavy atom. The topological polar surface area (TPSA) is 55.3 Å². The summed E-state index contributed by atoms with van der Waals surface area (Å²) in [7, 11) is 0. The van der Waals surface area contributed by atoms with Crippen LogP contribution in [-0.4, -0.2) is 40.5 Å². The molecule has 2 atom stereocenters. The number of rotatable bonds is 5. The van der Waals surface area contributed by atoms with Gasteiger partial charge < -0.3 is 9.64 Å². The molecule has 2 aromatic heterocycles. The minimum atomic E-state index is 0.0438. The summed E-state index contributed by atoms with van der Waals surface area (Å²) in [6.07, 6.45) is 8.94. The lowest BCUT2D eigenvalue weighted by Crippen LogP contribution is -2.35. The fraction of sp³-hybridized carbons (Fsp3) is 0.476. The molecular formula is C21H25N3O2. The van der Waals surface area contributed by atoms with E-state index in [1.165, 1.54) is 12.8 Å². The number of carbonyl (C=O) groups excluding carboxylic acids is 1. The Morgan fingerprint density at radius 1 is 1.38 bits per heavy atom. The van der Waals surface area contributed by atoms with E-state index in [1.807, 2.05) is 36.4 Å². The van der Waals surface area contributed by atoms with E-state index in [-0.39, 0.29) is 11.3 Å². The summed E-state index contributed by atoms with van der Waals surface area (Å²) in [5.74, 6) is 0.577. The molecule has 0 unspecified atom stereocenters. The Morgan fingerprint density at radius 3 is 3.12 bits per heavy atom. The van der Waals surface area contributed by atoms with Gasteiger partial charge in [0.1, 0.15) is 5.69 Å². The fourth-order valence-corrected chi connectivity index (χ4v) is 4.52. The first-order chi connectivity index (χ1) is 12.7. The number of amides is 1. The first-order valence-electron chi connectivity index (χ1n) is 9.35. The molecule has 1 saturated carbocycles. The predicted octanol–water partition coefficient (Wildman–Crippen LogP) is 3.24. The van der Waals surface area contributed by atoms with Crippen molar-refractivity contribution in [2.24, 2.45) is 11.3 Å². The molecule has 5 nitrogen and oxygen atoms in total. The van der Waals surface area contributed by atoms with Crippen LogP contribution in [0.25, 0.3) is 0 Å². The van der Waals surface area contributed by atoms with Gasteiger partial charge in [0.2, 0.25) is 0 Å². The number of fused-ring (bicyclic) bond motifs is 1. The van der Waals surface area contributed by atoms with Crippen LogP contribution >= 0.6 is 0 Å². The minimum Gasteiger partial charge on any atom is -0.376 e. The lowest BCUT2D eigenvalue weighted by atomic mass is 9.81. The van der Waals surface area contributed by atoms with Crippen molar-refractivity contribution in [3.8, 4) is 0 Å². The van der Waals surface area contributed by atoms with E-state index in [4.69, 9.17) is 4.74 Å². The predicted molar refractivity (Wildman–Crippen MR) is 98.5 cm³/mol. The molecule has 0 radical (unpaired) electrons. The Hall–Kier alpha value is -2.27. The zero-order chi connectivity index (χ0) is 18.0. The van der Waals surface area contributed by atoms with Crippen LogP contribution in [-0.2, 0) is 11.3 Å². The van der Waals surface area contributed by atoms with E-state index in [2.05, 4.69) is 16.0 Å². The zero-order valence-corrected chi connectivity index (χ0v) is 15.2. The number of likely N-dealkylation sites (tertiary alicyclic amines) is 1. The van der Waals surface area contributed by atoms with E-state index in [0.29, 0.717) is 24.8 Å². The Balaban J connectivity index is 1.41. The number of aryl methyl sites for hydroxylation is 1. The molecule has 26 heavy (non-hydrogen) atoms. The van der Waals surface area contributed by atoms with E-state index < -0.39 is 0 Å². The van der Waals surface area contributed by atoms with Crippen LogP contribution in [0.3, 0.4) is 0 Å². The molecule has 0 N–H and O–H groups in total. The first kappa shape index (κ1) is 17.2. The molecule has 0 bridgehead atoms. The van der Waals surface area contributed by atoms with Crippen molar-refractivity contribution < 1.29 is 9.53 Å². The van der Waals surface area contributed by atoms with Crippen LogP contribution in [0.4, 0.5) is 0 Å². The number of ether oxygens (including phenoxy) is 1. The molecule has 2 aromatic rings. The molecular weight excluding hydrogens is 326 g/mol. The number of hydrogen-bond acceptors (Lipinski definition) is 4. The summed E-state index contributed by atoms with van der Waals surface area (Å²) >= 11 is 0. The molecule has 0 spiro atoms. The van der Waals surface area contributed by atoms with Crippen molar-refractivity contribution >= 4 is 5.91 Å². The second-order valence-electron chi connectivity index (χ2n) is 7.72. The van der Waals surface area contributed by atoms with Gasteiger partial charge in [0.15, 0.2) is 0 Å². The second kappa shape index (κ2) is 7.16. The smallest absolute Gasteiger partial charge is 0.272 e. The van der Waals surface area contributed by atoms with Crippen molar-refractivity contribution in [2.45, 2.75) is 32.8 Å². The van der Waals surface area contributed by atoms with E-state index >= 15 is 0 Å². The molecule has 1 aliphatic carbocycles. The molecule has 136 valence electrons. The molecule has 2 fully saturated rings. The van der Waals surface area contributed by atoms with Gasteiger partial charge in [0.05, 0.1) is 13.2 Å². The highest BCUT2D eigenvalue weighted by Gasteiger charge is 2.50. The highest BCUT2D eigenvalue weighted by atomic mass is 16.5. The SMILES string of the molecule is Cc1cncc(COC[C@@]23CCC[C@@H]2CN(C(=O)c2ccccn2)C3)c1. The van der Waals surface area contributed by atoms with Crippen molar-refractivity contribution in [1.82, 2.24) is 14.9 Å². The number of carbonyl (C=O) groups is 1. The van der Waals surface area contributed by atoms with Crippen molar-refractivity contribution in [3.63, 3.8) is 0 Å². The molecule has 2 aliphatic rings. The highest BCUT2D eigenvalue weighted by molar-refractivity contribution is 5.92. The average molecular weight is 351 g/mol. The van der Waals surface area contributed by atoms with Crippen molar-refractivity contribution in [2.75, 3.05) is 19.7 Å². The Labute approximate surface area is 154 Å². The highest BCUT2D eigenvalue weighted by Crippen LogP contribution is 2.49. The maximum absolute atomic E-state index is 12.8. The molecule has 3 heterocycles. The summed E-state index contributed by atoms with van der Waals surface area (Å²) in [4.78, 5) is 23.2. The third-order valence-electron chi connectivity index (χ3n) is 5.80. The van der Waals surface area contributed by atoms with Gasteiger partial charge in [-0.3, -0.25) is 14.8 Å². The molecule has 0 aromatic carbocycles. The molecule has 4 rings (SSSR count). The summed E-state index contributed by atoms with van der Waals surface area (Å²) in [5.41, 5.74) is 2.89. The first-order valence-corrected chi connectivity index (χ1v) is 9.35. The summed E-state index contributed by atoms with van der Waals surface area (Å²) in [6.45, 7) is 4.93. The Bertz CT molecular complexity index is 780. The van der Waals surface area contributed by atoms with E-state index in [9.17, 15) is 4.79 Å². The number of hydrogen-bond donors (Lipinski definition) is 0. The zero-order valence-electron chi connectivity index (χ0n) is 15.2. The van der Waals surface area contributed by atoms with Crippen molar-refractivity contribution in [3.05, 3.63) is 59.7 Å². The maximum atomic E-state index is 12.8. The number of nitrogens with zero attached hydrogens (tertiary/aromatic N) is 3. The van der Waals surface area contributed by atoms with Crippen LogP contribution in [0.5, 0.6) is 0 Å². The maximum Gasteiger partial charge on any atom is 0.272 e. The summed E-state index contributed by atoms with van der Waals surface area (Å²) in [5, 5.41) is 0. The molecule has 1 saturated heterocycles. The van der Waals surface area contributed by atoms with Gasteiger partial charge in [-0.2, -0.15) is 0 Å². The molecule has 1 aliphatic heterocycles. The summed E-state index contributed by atoms with van der Waals surface area (Å²) in [6, 6.07) is 7.61. The minimum absolute atomic E-state index is 0.0438. The van der Waals surface area contributed by atoms with Gasteiger partial charge in [-0.1, -0.05) is 18.6 Å². The van der Waals surface area contributed by atoms with Gasteiger partial charge in [-0.15, -0.1) is 0 Å². The van der Waals surface area contributed by atoms with E-state index in [0.717, 1.165) is 30.6 Å². The van der Waals surface area contributed by atoms with Crippen LogP contribution in [0.1, 0.15) is 40.9 Å². The summed E-state index contributed by atoms with van der Waals surface area (Å²) < 4.78 is 6.10. The van der Waals surface area contributed by atoms with Gasteiger partial charge >= 0.3 is 0 Å². The van der Waals surface area contributed by atoms with Gasteiger partial charge in [0, 0.05) is 37.1 Å². The van der Waals surface area contributed by atoms with E-state index in [1.54, 1.807) is 12.3 Å². The van der Waals surface area contributed by atoms with Crippen LogP contribution in [0.15, 0.2) is 42.9 Å². The van der Waals surface area contributed by atoms with Gasteiger partial charge in [-0.05, 0) is 48.9 Å². The van der Waals surface area contributed by atoms with Gasteiger partial charge in [0.25, 0.3) is 5.91 Å². The van der Waals surface area contributed by atoms with Crippen molar-refractivity contribution in [1.29, 1.82) is 0 Å². The Kier molecular flexibility index (Phi) is 4.72. The monoisotopic (exact) mass is 351 g/mol. The lowest BCUT2D eigenvalue weighted by molar-refractivity contribution is 0.0264. The quantitative estimate of drug-likeness (QED) is 0.830. The third kappa shape index (κ3) is 3.36. The largest absolute Gasteiger partial charge is 0.376 e. The normalized spacial score (nSPS) is 24.7. The standard InChI is InChI=1S/C21H25N3O2/c1-16-9-17(11-22-10-16)13-26-15-21-7-4-5-18(21)12-24(14-21)20(25)19-6-2-3-8-23-19/h2-3,6,8-11,18H,4-5,7,12-15H2,1H3/t18-,21+/m1/s1.